The lowest BCUT2D eigenvalue weighted by atomic mass is 10.1. The van der Waals surface area contributed by atoms with Crippen LogP contribution in [-0.2, 0) is 21.1 Å². The third-order valence-corrected chi connectivity index (χ3v) is 5.34. The fourth-order valence-electron chi connectivity index (χ4n) is 2.82. The first-order chi connectivity index (χ1) is 11.3. The van der Waals surface area contributed by atoms with E-state index in [-0.39, 0.29) is 18.1 Å². The zero-order valence-electron chi connectivity index (χ0n) is 14.2. The highest BCUT2D eigenvalue weighted by Gasteiger charge is 2.25. The van der Waals surface area contributed by atoms with Crippen LogP contribution in [0.5, 0.6) is 0 Å². The molecule has 0 radical (unpaired) electrons. The molecule has 0 aliphatic carbocycles. The predicted molar refractivity (Wildman–Crippen MR) is 95.5 cm³/mol. The molecule has 24 heavy (non-hydrogen) atoms. The van der Waals surface area contributed by atoms with E-state index in [9.17, 15) is 13.2 Å². The molecular formula is C17H27N3O3S. The van der Waals surface area contributed by atoms with Crippen LogP contribution in [0.2, 0.25) is 0 Å². The van der Waals surface area contributed by atoms with Crippen LogP contribution in [0.1, 0.15) is 12.0 Å². The van der Waals surface area contributed by atoms with Crippen LogP contribution in [0.4, 0.5) is 0 Å². The van der Waals surface area contributed by atoms with Crippen molar-refractivity contribution in [3.8, 4) is 0 Å². The Hall–Kier alpha value is -1.44. The Balaban J connectivity index is 1.72. The summed E-state index contributed by atoms with van der Waals surface area (Å²) in [4.78, 5) is 16.4. The number of hydrogen-bond acceptors (Lipinski definition) is 5. The standard InChI is InChI=1S/C17H27N3O3S/c1-24(22,23)14-8-16(18)17(21)20-12-10-19(11-13-20)9-7-15-5-3-2-4-6-15/h2-6,16H,7-14,18H2,1H3. The summed E-state index contributed by atoms with van der Waals surface area (Å²) in [5, 5.41) is 0. The minimum absolute atomic E-state index is 0.0447. The summed E-state index contributed by atoms with van der Waals surface area (Å²) in [6.45, 7) is 3.95. The minimum Gasteiger partial charge on any atom is -0.339 e. The quantitative estimate of drug-likeness (QED) is 0.754. The summed E-state index contributed by atoms with van der Waals surface area (Å²) in [6.07, 6.45) is 2.35. The van der Waals surface area contributed by atoms with Gasteiger partial charge in [0.15, 0.2) is 0 Å². The molecule has 7 heteroatoms. The molecule has 1 amide bonds. The molecule has 1 aliphatic heterocycles. The molecule has 2 N–H and O–H groups in total. The van der Waals surface area contributed by atoms with Gasteiger partial charge in [0.1, 0.15) is 9.84 Å². The summed E-state index contributed by atoms with van der Waals surface area (Å²) in [5.41, 5.74) is 7.17. The maximum atomic E-state index is 12.3. The van der Waals surface area contributed by atoms with Gasteiger partial charge in [0.2, 0.25) is 5.91 Å². The number of nitrogens with zero attached hydrogens (tertiary/aromatic N) is 2. The Kier molecular flexibility index (Phi) is 6.77. The summed E-state index contributed by atoms with van der Waals surface area (Å²) in [5.74, 6) is -0.182. The molecule has 1 aromatic carbocycles. The van der Waals surface area contributed by atoms with Crippen LogP contribution in [0.15, 0.2) is 30.3 Å². The average molecular weight is 353 g/mol. The number of carbonyl (C=O) groups is 1. The second kappa shape index (κ2) is 8.60. The number of amides is 1. The Morgan fingerprint density at radius 1 is 1.17 bits per heavy atom. The SMILES string of the molecule is CS(=O)(=O)CCC(N)C(=O)N1CCN(CCc2ccccc2)CC1. The van der Waals surface area contributed by atoms with E-state index < -0.39 is 15.9 Å². The zero-order chi connectivity index (χ0) is 17.6. The molecule has 1 fully saturated rings. The first-order valence-electron chi connectivity index (χ1n) is 8.33. The highest BCUT2D eigenvalue weighted by atomic mass is 32.2. The first kappa shape index (κ1) is 18.9. The Labute approximate surface area is 144 Å². The van der Waals surface area contributed by atoms with Gasteiger partial charge in [-0.25, -0.2) is 8.42 Å². The molecule has 1 aromatic rings. The van der Waals surface area contributed by atoms with Crippen molar-refractivity contribution in [2.24, 2.45) is 5.73 Å². The van der Waals surface area contributed by atoms with Gasteiger partial charge in [0.25, 0.3) is 0 Å². The third-order valence-electron chi connectivity index (χ3n) is 4.36. The van der Waals surface area contributed by atoms with Crippen LogP contribution in [0.25, 0.3) is 0 Å². The lowest BCUT2D eigenvalue weighted by molar-refractivity contribution is -0.134. The van der Waals surface area contributed by atoms with Crippen molar-refractivity contribution >= 4 is 15.7 Å². The maximum absolute atomic E-state index is 12.3. The van der Waals surface area contributed by atoms with Crippen molar-refractivity contribution in [1.29, 1.82) is 0 Å². The molecule has 1 saturated heterocycles. The average Bonchev–Trinajstić information content (AvgIpc) is 2.58. The Bertz CT molecular complexity index is 626. The molecule has 1 aliphatic rings. The van der Waals surface area contributed by atoms with E-state index in [1.54, 1.807) is 4.90 Å². The van der Waals surface area contributed by atoms with Crippen LogP contribution >= 0.6 is 0 Å². The zero-order valence-corrected chi connectivity index (χ0v) is 15.0. The largest absolute Gasteiger partial charge is 0.339 e. The molecule has 1 atom stereocenters. The Morgan fingerprint density at radius 3 is 2.38 bits per heavy atom. The fourth-order valence-corrected chi connectivity index (χ4v) is 3.50. The van der Waals surface area contributed by atoms with E-state index in [4.69, 9.17) is 5.73 Å². The molecule has 1 unspecified atom stereocenters. The van der Waals surface area contributed by atoms with Crippen molar-refractivity contribution < 1.29 is 13.2 Å². The third kappa shape index (κ3) is 6.22. The maximum Gasteiger partial charge on any atom is 0.239 e. The van der Waals surface area contributed by atoms with Gasteiger partial charge in [0, 0.05) is 39.0 Å². The van der Waals surface area contributed by atoms with Crippen molar-refractivity contribution in [1.82, 2.24) is 9.80 Å². The number of rotatable bonds is 7. The van der Waals surface area contributed by atoms with Crippen molar-refractivity contribution in [2.45, 2.75) is 18.9 Å². The molecule has 0 saturated carbocycles. The topological polar surface area (TPSA) is 83.7 Å². The van der Waals surface area contributed by atoms with Gasteiger partial charge in [-0.1, -0.05) is 30.3 Å². The number of nitrogens with two attached hydrogens (primary N) is 1. The van der Waals surface area contributed by atoms with E-state index in [0.29, 0.717) is 13.1 Å². The minimum atomic E-state index is -3.08. The normalized spacial score (nSPS) is 17.7. The van der Waals surface area contributed by atoms with Gasteiger partial charge in [-0.15, -0.1) is 0 Å². The summed E-state index contributed by atoms with van der Waals surface area (Å²) in [7, 11) is -3.08. The molecule has 2 rings (SSSR count). The molecular weight excluding hydrogens is 326 g/mol. The molecule has 6 nitrogen and oxygen atoms in total. The lowest BCUT2D eigenvalue weighted by Gasteiger charge is -2.36. The van der Waals surface area contributed by atoms with Gasteiger partial charge in [-0.05, 0) is 18.4 Å². The molecule has 0 bridgehead atoms. The number of sulfone groups is 1. The van der Waals surface area contributed by atoms with Gasteiger partial charge in [-0.3, -0.25) is 9.69 Å². The van der Waals surface area contributed by atoms with Crippen LogP contribution in [0, 0.1) is 0 Å². The Morgan fingerprint density at radius 2 is 1.79 bits per heavy atom. The smallest absolute Gasteiger partial charge is 0.239 e. The molecule has 0 spiro atoms. The molecule has 134 valence electrons. The highest BCUT2D eigenvalue weighted by molar-refractivity contribution is 7.90. The van der Waals surface area contributed by atoms with E-state index in [1.165, 1.54) is 5.56 Å². The van der Waals surface area contributed by atoms with Gasteiger partial charge < -0.3 is 10.6 Å². The van der Waals surface area contributed by atoms with E-state index in [2.05, 4.69) is 17.0 Å². The number of carbonyl (C=O) groups excluding carboxylic acids is 1. The summed E-state index contributed by atoms with van der Waals surface area (Å²) in [6, 6.07) is 9.63. The predicted octanol–water partition coefficient (Wildman–Crippen LogP) is 0.135. The van der Waals surface area contributed by atoms with Gasteiger partial charge in [0.05, 0.1) is 11.8 Å². The second-order valence-electron chi connectivity index (χ2n) is 6.43. The number of benzene rings is 1. The van der Waals surface area contributed by atoms with Crippen molar-refractivity contribution in [3.63, 3.8) is 0 Å². The van der Waals surface area contributed by atoms with Crippen molar-refractivity contribution in [2.75, 3.05) is 44.7 Å². The molecule has 1 heterocycles. The second-order valence-corrected chi connectivity index (χ2v) is 8.69. The van der Waals surface area contributed by atoms with E-state index >= 15 is 0 Å². The highest BCUT2D eigenvalue weighted by Crippen LogP contribution is 2.08. The summed E-state index contributed by atoms with van der Waals surface area (Å²) < 4.78 is 22.4. The van der Waals surface area contributed by atoms with E-state index in [1.807, 2.05) is 18.2 Å². The van der Waals surface area contributed by atoms with Gasteiger partial charge >= 0.3 is 0 Å². The van der Waals surface area contributed by atoms with Crippen LogP contribution in [0.3, 0.4) is 0 Å². The number of hydrogen-bond donors (Lipinski definition) is 1. The first-order valence-corrected chi connectivity index (χ1v) is 10.4. The van der Waals surface area contributed by atoms with Crippen LogP contribution in [-0.4, -0.2) is 74.9 Å². The van der Waals surface area contributed by atoms with Gasteiger partial charge in [-0.2, -0.15) is 0 Å². The van der Waals surface area contributed by atoms with Crippen LogP contribution < -0.4 is 5.73 Å². The fraction of sp³-hybridized carbons (Fsp3) is 0.588. The van der Waals surface area contributed by atoms with Crippen molar-refractivity contribution in [3.05, 3.63) is 35.9 Å². The lowest BCUT2D eigenvalue weighted by Crippen LogP contribution is -2.53. The number of piperazine rings is 1. The monoisotopic (exact) mass is 353 g/mol. The van der Waals surface area contributed by atoms with E-state index in [0.717, 1.165) is 32.3 Å². The molecule has 0 aromatic heterocycles. The summed E-state index contributed by atoms with van der Waals surface area (Å²) >= 11 is 0.